The predicted molar refractivity (Wildman–Crippen MR) is 124 cm³/mol. The number of amides is 2. The number of halogens is 4. The summed E-state index contributed by atoms with van der Waals surface area (Å²) >= 11 is 21.8. The topological polar surface area (TPSA) is 88.9 Å². The molecule has 1 aliphatic carbocycles. The van der Waals surface area contributed by atoms with Crippen molar-refractivity contribution in [3.8, 4) is 5.82 Å². The van der Waals surface area contributed by atoms with Crippen LogP contribution in [0.2, 0.25) is 15.2 Å². The fourth-order valence-corrected chi connectivity index (χ4v) is 4.21. The molecule has 3 aromatic rings. The maximum Gasteiger partial charge on any atom is 0.274 e. The molecule has 1 aromatic carbocycles. The maximum absolute atomic E-state index is 13.1. The van der Waals surface area contributed by atoms with Crippen LogP contribution in [0.25, 0.3) is 5.82 Å². The number of anilines is 1. The van der Waals surface area contributed by atoms with Gasteiger partial charge in [0.05, 0.1) is 16.3 Å². The fraction of sp³-hybridized carbons (Fsp3) is 0.200. The highest BCUT2D eigenvalue weighted by Gasteiger charge is 2.25. The number of carbonyl (C=O) groups excluding carboxylic acids is 2. The standard InChI is InChI=1S/C20H15BrCl3N5O2/c21-13-7-11(22)6-12(19(30)26-9-10-3-4-10)17(13)27-20(31)15-8-16(24)28-29(15)18-14(23)2-1-5-25-18/h1-2,5-8,10H,3-4,9H2,(H,26,30)(H,27,31). The van der Waals surface area contributed by atoms with E-state index in [-0.39, 0.29) is 33.8 Å². The highest BCUT2D eigenvalue weighted by atomic mass is 79.9. The van der Waals surface area contributed by atoms with E-state index in [0.717, 1.165) is 12.8 Å². The molecule has 0 saturated heterocycles. The van der Waals surface area contributed by atoms with Gasteiger partial charge in [0.1, 0.15) is 5.69 Å². The molecular formula is C20H15BrCl3N5O2. The number of carbonyl (C=O) groups is 2. The average molecular weight is 544 g/mol. The lowest BCUT2D eigenvalue weighted by molar-refractivity contribution is 0.0952. The molecule has 160 valence electrons. The van der Waals surface area contributed by atoms with E-state index < -0.39 is 5.91 Å². The van der Waals surface area contributed by atoms with Crippen molar-refractivity contribution in [3.63, 3.8) is 0 Å². The minimum atomic E-state index is -0.555. The Morgan fingerprint density at radius 1 is 1.16 bits per heavy atom. The number of rotatable bonds is 6. The molecule has 11 heteroatoms. The summed E-state index contributed by atoms with van der Waals surface area (Å²) in [6, 6.07) is 7.77. The molecule has 0 unspecified atom stereocenters. The summed E-state index contributed by atoms with van der Waals surface area (Å²) in [5.41, 5.74) is 0.608. The largest absolute Gasteiger partial charge is 0.352 e. The van der Waals surface area contributed by atoms with Crippen molar-refractivity contribution in [3.05, 3.63) is 67.5 Å². The molecule has 2 heterocycles. The third-order valence-corrected chi connectivity index (χ3v) is 5.96. The smallest absolute Gasteiger partial charge is 0.274 e. The Hall–Kier alpha value is -2.13. The van der Waals surface area contributed by atoms with Crippen LogP contribution < -0.4 is 10.6 Å². The van der Waals surface area contributed by atoms with E-state index >= 15 is 0 Å². The third-order valence-electron chi connectivity index (χ3n) is 4.64. The van der Waals surface area contributed by atoms with E-state index in [0.29, 0.717) is 27.0 Å². The van der Waals surface area contributed by atoms with Crippen molar-refractivity contribution in [2.45, 2.75) is 12.8 Å². The zero-order valence-electron chi connectivity index (χ0n) is 15.8. The Kier molecular flexibility index (Phi) is 6.52. The van der Waals surface area contributed by atoms with Crippen molar-refractivity contribution in [1.82, 2.24) is 20.1 Å². The van der Waals surface area contributed by atoms with Gasteiger partial charge in [-0.1, -0.05) is 34.8 Å². The van der Waals surface area contributed by atoms with E-state index in [1.54, 1.807) is 18.2 Å². The molecule has 0 spiro atoms. The minimum Gasteiger partial charge on any atom is -0.352 e. The van der Waals surface area contributed by atoms with Crippen molar-refractivity contribution >= 4 is 68.2 Å². The molecular weight excluding hydrogens is 529 g/mol. The van der Waals surface area contributed by atoms with Gasteiger partial charge in [-0.05, 0) is 59.0 Å². The average Bonchev–Trinajstić information content (AvgIpc) is 3.48. The normalized spacial score (nSPS) is 13.2. The Bertz CT molecular complexity index is 1180. The molecule has 1 saturated carbocycles. The van der Waals surface area contributed by atoms with Crippen molar-refractivity contribution in [2.75, 3.05) is 11.9 Å². The van der Waals surface area contributed by atoms with Crippen LogP contribution >= 0.6 is 50.7 Å². The first kappa shape index (κ1) is 22.1. The Labute approximate surface area is 201 Å². The highest BCUT2D eigenvalue weighted by Crippen LogP contribution is 2.32. The van der Waals surface area contributed by atoms with Crippen LogP contribution in [0.4, 0.5) is 5.69 Å². The second-order valence-corrected chi connectivity index (χ2v) is 9.08. The van der Waals surface area contributed by atoms with Gasteiger partial charge in [0.15, 0.2) is 11.0 Å². The summed E-state index contributed by atoms with van der Waals surface area (Å²) in [5, 5.41) is 10.5. The number of benzene rings is 1. The van der Waals surface area contributed by atoms with Gasteiger partial charge >= 0.3 is 0 Å². The van der Waals surface area contributed by atoms with Crippen LogP contribution in [0.15, 0.2) is 41.0 Å². The monoisotopic (exact) mass is 541 g/mol. The molecule has 2 amide bonds. The summed E-state index contributed by atoms with van der Waals surface area (Å²) in [7, 11) is 0. The highest BCUT2D eigenvalue weighted by molar-refractivity contribution is 9.10. The molecule has 4 rings (SSSR count). The van der Waals surface area contributed by atoms with E-state index in [1.165, 1.54) is 23.0 Å². The van der Waals surface area contributed by atoms with Gasteiger partial charge in [-0.15, -0.1) is 0 Å². The Morgan fingerprint density at radius 3 is 2.65 bits per heavy atom. The molecule has 1 fully saturated rings. The molecule has 2 aromatic heterocycles. The zero-order valence-corrected chi connectivity index (χ0v) is 19.7. The Morgan fingerprint density at radius 2 is 1.94 bits per heavy atom. The van der Waals surface area contributed by atoms with Crippen LogP contribution in [0.3, 0.4) is 0 Å². The molecule has 0 radical (unpaired) electrons. The molecule has 0 bridgehead atoms. The van der Waals surface area contributed by atoms with Crippen LogP contribution in [0.1, 0.15) is 33.7 Å². The molecule has 1 aliphatic rings. The number of pyridine rings is 1. The van der Waals surface area contributed by atoms with Gasteiger partial charge in [0.25, 0.3) is 11.8 Å². The lowest BCUT2D eigenvalue weighted by Gasteiger charge is -2.14. The van der Waals surface area contributed by atoms with Crippen LogP contribution in [-0.2, 0) is 0 Å². The van der Waals surface area contributed by atoms with E-state index in [9.17, 15) is 9.59 Å². The lowest BCUT2D eigenvalue weighted by atomic mass is 10.1. The fourth-order valence-electron chi connectivity index (χ4n) is 2.92. The molecule has 2 N–H and O–H groups in total. The summed E-state index contributed by atoms with van der Waals surface area (Å²) in [5.74, 6) is -0.131. The first-order valence-corrected chi connectivity index (χ1v) is 11.2. The van der Waals surface area contributed by atoms with Crippen molar-refractivity contribution in [1.29, 1.82) is 0 Å². The van der Waals surface area contributed by atoms with Gasteiger partial charge in [-0.25, -0.2) is 9.67 Å². The predicted octanol–water partition coefficient (Wildman–Crippen LogP) is 5.38. The molecule has 0 atom stereocenters. The van der Waals surface area contributed by atoms with Crippen LogP contribution in [-0.4, -0.2) is 33.1 Å². The summed E-state index contributed by atoms with van der Waals surface area (Å²) in [4.78, 5) is 30.1. The van der Waals surface area contributed by atoms with Gasteiger partial charge in [0, 0.05) is 28.3 Å². The number of nitrogens with one attached hydrogen (secondary N) is 2. The number of hydrogen-bond acceptors (Lipinski definition) is 4. The van der Waals surface area contributed by atoms with Gasteiger partial charge in [-0.3, -0.25) is 9.59 Å². The van der Waals surface area contributed by atoms with Gasteiger partial charge < -0.3 is 10.6 Å². The first-order chi connectivity index (χ1) is 14.8. The molecule has 31 heavy (non-hydrogen) atoms. The van der Waals surface area contributed by atoms with Crippen LogP contribution in [0.5, 0.6) is 0 Å². The SMILES string of the molecule is O=C(NCC1CC1)c1cc(Cl)cc(Br)c1NC(=O)c1cc(Cl)nn1-c1ncccc1Cl. The third kappa shape index (κ3) is 5.03. The van der Waals surface area contributed by atoms with Crippen molar-refractivity contribution in [2.24, 2.45) is 5.92 Å². The van der Waals surface area contributed by atoms with Gasteiger partial charge in [0.2, 0.25) is 0 Å². The van der Waals surface area contributed by atoms with Crippen LogP contribution in [0, 0.1) is 5.92 Å². The quantitative estimate of drug-likeness (QED) is 0.437. The van der Waals surface area contributed by atoms with E-state index in [1.807, 2.05) is 0 Å². The van der Waals surface area contributed by atoms with E-state index in [4.69, 9.17) is 34.8 Å². The molecule has 0 aliphatic heterocycles. The van der Waals surface area contributed by atoms with E-state index in [2.05, 4.69) is 36.6 Å². The number of hydrogen-bond donors (Lipinski definition) is 2. The molecule has 7 nitrogen and oxygen atoms in total. The number of aromatic nitrogens is 3. The Balaban J connectivity index is 1.66. The van der Waals surface area contributed by atoms with Crippen molar-refractivity contribution < 1.29 is 9.59 Å². The number of nitrogens with zero attached hydrogens (tertiary/aromatic N) is 3. The first-order valence-electron chi connectivity index (χ1n) is 9.28. The summed E-state index contributed by atoms with van der Waals surface area (Å²) in [6.45, 7) is 0.580. The second kappa shape index (κ2) is 9.16. The maximum atomic E-state index is 13.1. The summed E-state index contributed by atoms with van der Waals surface area (Å²) in [6.07, 6.45) is 3.73. The minimum absolute atomic E-state index is 0.0874. The van der Waals surface area contributed by atoms with Gasteiger partial charge in [-0.2, -0.15) is 5.10 Å². The zero-order chi connectivity index (χ0) is 22.1. The summed E-state index contributed by atoms with van der Waals surface area (Å²) < 4.78 is 1.70. The second-order valence-electron chi connectivity index (χ2n) is 6.99. The lowest BCUT2D eigenvalue weighted by Crippen LogP contribution is -2.27.